The maximum atomic E-state index is 11.8. The summed E-state index contributed by atoms with van der Waals surface area (Å²) in [4.78, 5) is 11.8. The Labute approximate surface area is 112 Å². The second kappa shape index (κ2) is 5.67. The largest absolute Gasteiger partial charge is 0.384 e. The predicted molar refractivity (Wildman–Crippen MR) is 75.1 cm³/mol. The molecular formula is C16H17NO2. The van der Waals surface area contributed by atoms with Gasteiger partial charge in [-0.15, -0.1) is 0 Å². The summed E-state index contributed by atoms with van der Waals surface area (Å²) in [5.41, 5.74) is 3.03. The quantitative estimate of drug-likeness (QED) is 0.885. The van der Waals surface area contributed by atoms with Crippen LogP contribution in [0.5, 0.6) is 0 Å². The topological polar surface area (TPSA) is 49.3 Å². The second-order valence-electron chi connectivity index (χ2n) is 4.48. The SMILES string of the molecule is CNC(=O)c1ccccc1[C@H](O)c1ccc(C)cc1. The molecule has 0 fully saturated rings. The van der Waals surface area contributed by atoms with Gasteiger partial charge in [0.2, 0.25) is 0 Å². The lowest BCUT2D eigenvalue weighted by Gasteiger charge is -2.15. The van der Waals surface area contributed by atoms with Crippen molar-refractivity contribution in [3.63, 3.8) is 0 Å². The summed E-state index contributed by atoms with van der Waals surface area (Å²) in [6.07, 6.45) is -0.797. The summed E-state index contributed by atoms with van der Waals surface area (Å²) in [6, 6.07) is 14.7. The van der Waals surface area contributed by atoms with Crippen LogP contribution in [0, 0.1) is 6.92 Å². The van der Waals surface area contributed by atoms with E-state index >= 15 is 0 Å². The molecule has 1 atom stereocenters. The van der Waals surface area contributed by atoms with Crippen molar-refractivity contribution in [2.75, 3.05) is 7.05 Å². The number of rotatable bonds is 3. The fourth-order valence-corrected chi connectivity index (χ4v) is 2.01. The molecule has 0 heterocycles. The van der Waals surface area contributed by atoms with Gasteiger partial charge >= 0.3 is 0 Å². The molecule has 98 valence electrons. The van der Waals surface area contributed by atoms with Crippen LogP contribution in [0.15, 0.2) is 48.5 Å². The van der Waals surface area contributed by atoms with E-state index in [0.717, 1.165) is 11.1 Å². The van der Waals surface area contributed by atoms with Gasteiger partial charge in [0.15, 0.2) is 0 Å². The van der Waals surface area contributed by atoms with Crippen LogP contribution in [0.2, 0.25) is 0 Å². The van der Waals surface area contributed by atoms with E-state index in [1.807, 2.05) is 37.3 Å². The van der Waals surface area contributed by atoms with Crippen LogP contribution in [-0.2, 0) is 0 Å². The van der Waals surface area contributed by atoms with Crippen molar-refractivity contribution in [3.8, 4) is 0 Å². The summed E-state index contributed by atoms with van der Waals surface area (Å²) >= 11 is 0. The Morgan fingerprint density at radius 3 is 2.37 bits per heavy atom. The first-order valence-electron chi connectivity index (χ1n) is 6.19. The first kappa shape index (κ1) is 13.3. The average molecular weight is 255 g/mol. The van der Waals surface area contributed by atoms with Crippen molar-refractivity contribution in [1.29, 1.82) is 0 Å². The first-order valence-corrected chi connectivity index (χ1v) is 6.19. The van der Waals surface area contributed by atoms with Crippen LogP contribution >= 0.6 is 0 Å². The highest BCUT2D eigenvalue weighted by Crippen LogP contribution is 2.25. The molecule has 0 spiro atoms. The lowest BCUT2D eigenvalue weighted by molar-refractivity contribution is 0.0958. The average Bonchev–Trinajstić information content (AvgIpc) is 2.46. The third kappa shape index (κ3) is 2.83. The highest BCUT2D eigenvalue weighted by molar-refractivity contribution is 5.95. The number of aliphatic hydroxyl groups excluding tert-OH is 1. The van der Waals surface area contributed by atoms with Gasteiger partial charge in [0.1, 0.15) is 6.10 Å². The van der Waals surface area contributed by atoms with Crippen LogP contribution < -0.4 is 5.32 Å². The molecule has 1 amide bonds. The van der Waals surface area contributed by atoms with Crippen molar-refractivity contribution in [1.82, 2.24) is 5.32 Å². The molecule has 0 saturated heterocycles. The van der Waals surface area contributed by atoms with Gasteiger partial charge in [-0.1, -0.05) is 48.0 Å². The number of nitrogens with one attached hydrogen (secondary N) is 1. The predicted octanol–water partition coefficient (Wildman–Crippen LogP) is 2.44. The molecule has 3 heteroatoms. The summed E-state index contributed by atoms with van der Waals surface area (Å²) in [5, 5.41) is 13.0. The molecule has 0 aromatic heterocycles. The third-order valence-corrected chi connectivity index (χ3v) is 3.12. The Balaban J connectivity index is 2.41. The normalized spacial score (nSPS) is 11.9. The van der Waals surface area contributed by atoms with Gasteiger partial charge in [-0.05, 0) is 24.1 Å². The fourth-order valence-electron chi connectivity index (χ4n) is 2.01. The molecule has 2 aromatic rings. The number of aryl methyl sites for hydroxylation is 1. The van der Waals surface area contributed by atoms with E-state index in [4.69, 9.17) is 0 Å². The molecule has 2 rings (SSSR count). The first-order chi connectivity index (χ1) is 9.13. The third-order valence-electron chi connectivity index (χ3n) is 3.12. The molecule has 0 bridgehead atoms. The smallest absolute Gasteiger partial charge is 0.251 e. The Hall–Kier alpha value is -2.13. The van der Waals surface area contributed by atoms with Gasteiger partial charge in [-0.25, -0.2) is 0 Å². The summed E-state index contributed by atoms with van der Waals surface area (Å²) in [7, 11) is 1.58. The molecule has 0 aliphatic rings. The Morgan fingerprint density at radius 2 is 1.74 bits per heavy atom. The molecule has 0 radical (unpaired) electrons. The number of aliphatic hydroxyl groups is 1. The lowest BCUT2D eigenvalue weighted by Crippen LogP contribution is -2.20. The second-order valence-corrected chi connectivity index (χ2v) is 4.48. The van der Waals surface area contributed by atoms with Crippen LogP contribution in [0.25, 0.3) is 0 Å². The Bertz CT molecular complexity index is 576. The van der Waals surface area contributed by atoms with Gasteiger partial charge in [-0.2, -0.15) is 0 Å². The van der Waals surface area contributed by atoms with E-state index in [9.17, 15) is 9.90 Å². The highest BCUT2D eigenvalue weighted by atomic mass is 16.3. The van der Waals surface area contributed by atoms with Gasteiger partial charge in [-0.3, -0.25) is 4.79 Å². The van der Waals surface area contributed by atoms with E-state index in [1.165, 1.54) is 0 Å². The molecule has 2 aromatic carbocycles. The lowest BCUT2D eigenvalue weighted by atomic mass is 9.96. The molecular weight excluding hydrogens is 238 g/mol. The minimum atomic E-state index is -0.797. The van der Waals surface area contributed by atoms with Crippen molar-refractivity contribution >= 4 is 5.91 Å². The van der Waals surface area contributed by atoms with Crippen molar-refractivity contribution in [2.24, 2.45) is 0 Å². The minimum Gasteiger partial charge on any atom is -0.384 e. The molecule has 2 N–H and O–H groups in total. The van der Waals surface area contributed by atoms with E-state index in [0.29, 0.717) is 11.1 Å². The van der Waals surface area contributed by atoms with E-state index in [1.54, 1.807) is 25.2 Å². The van der Waals surface area contributed by atoms with Crippen LogP contribution in [0.4, 0.5) is 0 Å². The van der Waals surface area contributed by atoms with E-state index in [-0.39, 0.29) is 5.91 Å². The molecule has 0 aliphatic carbocycles. The summed E-state index contributed by atoms with van der Waals surface area (Å²) in [6.45, 7) is 1.99. The number of hydrogen-bond donors (Lipinski definition) is 2. The zero-order valence-corrected chi connectivity index (χ0v) is 11.1. The monoisotopic (exact) mass is 255 g/mol. The summed E-state index contributed by atoms with van der Waals surface area (Å²) in [5.74, 6) is -0.193. The number of hydrogen-bond acceptors (Lipinski definition) is 2. The van der Waals surface area contributed by atoms with Gasteiger partial charge in [0.25, 0.3) is 5.91 Å². The zero-order chi connectivity index (χ0) is 13.8. The Morgan fingerprint density at radius 1 is 1.11 bits per heavy atom. The highest BCUT2D eigenvalue weighted by Gasteiger charge is 2.17. The van der Waals surface area contributed by atoms with Crippen LogP contribution in [0.3, 0.4) is 0 Å². The maximum absolute atomic E-state index is 11.8. The number of carbonyl (C=O) groups excluding carboxylic acids is 1. The van der Waals surface area contributed by atoms with Gasteiger partial charge in [0.05, 0.1) is 0 Å². The molecule has 0 aliphatic heterocycles. The zero-order valence-electron chi connectivity index (χ0n) is 11.1. The van der Waals surface area contributed by atoms with Crippen molar-refractivity contribution in [3.05, 3.63) is 70.8 Å². The number of amides is 1. The number of carbonyl (C=O) groups is 1. The molecule has 0 saturated carbocycles. The van der Waals surface area contributed by atoms with Crippen LogP contribution in [-0.4, -0.2) is 18.1 Å². The maximum Gasteiger partial charge on any atom is 0.251 e. The fraction of sp³-hybridized carbons (Fsp3) is 0.188. The standard InChI is InChI=1S/C16H17NO2/c1-11-7-9-12(10-8-11)15(18)13-5-3-4-6-14(13)16(19)17-2/h3-10,15,18H,1-2H3,(H,17,19)/t15-/m1/s1. The Kier molecular flexibility index (Phi) is 3.97. The van der Waals surface area contributed by atoms with E-state index < -0.39 is 6.10 Å². The molecule has 0 unspecified atom stereocenters. The summed E-state index contributed by atoms with van der Waals surface area (Å²) < 4.78 is 0. The van der Waals surface area contributed by atoms with Crippen LogP contribution in [0.1, 0.15) is 33.2 Å². The number of benzene rings is 2. The van der Waals surface area contributed by atoms with E-state index in [2.05, 4.69) is 5.32 Å². The van der Waals surface area contributed by atoms with Crippen molar-refractivity contribution in [2.45, 2.75) is 13.0 Å². The van der Waals surface area contributed by atoms with Gasteiger partial charge in [0, 0.05) is 12.6 Å². The molecule has 3 nitrogen and oxygen atoms in total. The van der Waals surface area contributed by atoms with Gasteiger partial charge < -0.3 is 10.4 Å². The minimum absolute atomic E-state index is 0.193. The van der Waals surface area contributed by atoms with Crippen molar-refractivity contribution < 1.29 is 9.90 Å². The molecule has 19 heavy (non-hydrogen) atoms.